The van der Waals surface area contributed by atoms with E-state index in [1.54, 1.807) is 0 Å². The third-order valence-electron chi connectivity index (χ3n) is 4.96. The summed E-state index contributed by atoms with van der Waals surface area (Å²) in [5, 5.41) is 0. The molecule has 1 aromatic carbocycles. The van der Waals surface area contributed by atoms with E-state index >= 15 is 0 Å². The first-order valence-electron chi connectivity index (χ1n) is 8.03. The zero-order valence-corrected chi connectivity index (χ0v) is 13.6. The lowest BCUT2D eigenvalue weighted by Crippen LogP contribution is -2.42. The van der Waals surface area contributed by atoms with Gasteiger partial charge in [0.2, 0.25) is 0 Å². The number of Topliss-reactive ketones (excluding diaryl/α,β-unsaturated/α-hetero) is 1. The van der Waals surface area contributed by atoms with Gasteiger partial charge in [-0.1, -0.05) is 25.8 Å². The van der Waals surface area contributed by atoms with Crippen LogP contribution in [0.15, 0.2) is 18.2 Å². The molecule has 2 rings (SSSR count). The molecule has 0 N–H and O–H groups in total. The van der Waals surface area contributed by atoms with Gasteiger partial charge in [0.25, 0.3) is 0 Å². The van der Waals surface area contributed by atoms with Crippen LogP contribution in [0.5, 0.6) is 0 Å². The Morgan fingerprint density at radius 3 is 2.55 bits per heavy atom. The highest BCUT2D eigenvalue weighted by Crippen LogP contribution is 2.33. The molecule has 22 heavy (non-hydrogen) atoms. The summed E-state index contributed by atoms with van der Waals surface area (Å²) in [4.78, 5) is 14.8. The van der Waals surface area contributed by atoms with Crippen LogP contribution in [0.4, 0.5) is 8.78 Å². The minimum atomic E-state index is -0.887. The maximum atomic E-state index is 13.3. The van der Waals surface area contributed by atoms with Crippen molar-refractivity contribution in [3.05, 3.63) is 35.4 Å². The Balaban J connectivity index is 2.05. The maximum Gasteiger partial charge on any atom is 0.159 e. The summed E-state index contributed by atoms with van der Waals surface area (Å²) >= 11 is 0. The molecule has 3 atom stereocenters. The molecule has 0 spiro atoms. The van der Waals surface area contributed by atoms with Crippen LogP contribution in [0.3, 0.4) is 0 Å². The topological polar surface area (TPSA) is 20.3 Å². The summed E-state index contributed by atoms with van der Waals surface area (Å²) in [5.41, 5.74) is 0.549. The Morgan fingerprint density at radius 1 is 1.23 bits per heavy atom. The number of carbonyl (C=O) groups excluding carboxylic acids is 1. The Bertz CT molecular complexity index is 530. The zero-order chi connectivity index (χ0) is 16.3. The molecule has 1 fully saturated rings. The van der Waals surface area contributed by atoms with Crippen LogP contribution in [0.25, 0.3) is 0 Å². The van der Waals surface area contributed by atoms with Crippen LogP contribution in [0, 0.1) is 23.5 Å². The quantitative estimate of drug-likeness (QED) is 0.824. The smallest absolute Gasteiger partial charge is 0.159 e. The van der Waals surface area contributed by atoms with E-state index in [0.29, 0.717) is 17.5 Å². The molecule has 0 amide bonds. The lowest BCUT2D eigenvalue weighted by atomic mass is 9.74. The molecule has 1 aliphatic rings. The van der Waals surface area contributed by atoms with Gasteiger partial charge >= 0.3 is 0 Å². The first kappa shape index (κ1) is 17.1. The second kappa shape index (κ2) is 7.32. The first-order valence-corrected chi connectivity index (χ1v) is 8.03. The fourth-order valence-corrected chi connectivity index (χ4v) is 3.61. The molecule has 1 aromatic rings. The van der Waals surface area contributed by atoms with E-state index in [-0.39, 0.29) is 18.1 Å². The van der Waals surface area contributed by atoms with Gasteiger partial charge in [-0.25, -0.2) is 8.78 Å². The standard InChI is InChI=1S/C18H25F2NO/c1-12(14-6-4-5-7-17(14)21(2)3)18(22)11-13-8-9-15(19)16(20)10-13/h8-10,12,14,17H,4-7,11H2,1-3H3/t12-,14+,17+/m1/s1. The predicted molar refractivity (Wildman–Crippen MR) is 83.7 cm³/mol. The molecule has 1 aliphatic carbocycles. The van der Waals surface area contributed by atoms with Crippen molar-refractivity contribution in [1.82, 2.24) is 4.90 Å². The van der Waals surface area contributed by atoms with Crippen LogP contribution in [-0.2, 0) is 11.2 Å². The van der Waals surface area contributed by atoms with Crippen molar-refractivity contribution < 1.29 is 13.6 Å². The highest BCUT2D eigenvalue weighted by atomic mass is 19.2. The first-order chi connectivity index (χ1) is 10.4. The summed E-state index contributed by atoms with van der Waals surface area (Å²) in [6, 6.07) is 4.14. The van der Waals surface area contributed by atoms with E-state index in [1.165, 1.54) is 12.5 Å². The van der Waals surface area contributed by atoms with E-state index in [1.807, 2.05) is 6.92 Å². The molecule has 0 heterocycles. The molecular formula is C18H25F2NO. The Labute approximate surface area is 131 Å². The van der Waals surface area contributed by atoms with Gasteiger partial charge in [0.15, 0.2) is 11.6 Å². The summed E-state index contributed by atoms with van der Waals surface area (Å²) in [7, 11) is 4.13. The number of rotatable bonds is 5. The molecule has 4 heteroatoms. The minimum absolute atomic E-state index is 0.0548. The number of benzene rings is 1. The predicted octanol–water partition coefficient (Wildman–Crippen LogP) is 3.83. The molecule has 122 valence electrons. The van der Waals surface area contributed by atoms with Crippen molar-refractivity contribution in [1.29, 1.82) is 0 Å². The second-order valence-corrected chi connectivity index (χ2v) is 6.66. The van der Waals surface area contributed by atoms with E-state index in [0.717, 1.165) is 31.4 Å². The minimum Gasteiger partial charge on any atom is -0.306 e. The second-order valence-electron chi connectivity index (χ2n) is 6.66. The lowest BCUT2D eigenvalue weighted by Gasteiger charge is -2.39. The fraction of sp³-hybridized carbons (Fsp3) is 0.611. The van der Waals surface area contributed by atoms with Crippen molar-refractivity contribution in [2.45, 2.75) is 45.1 Å². The van der Waals surface area contributed by atoms with E-state index < -0.39 is 11.6 Å². The summed E-state index contributed by atoms with van der Waals surface area (Å²) in [6.07, 6.45) is 4.74. The van der Waals surface area contributed by atoms with E-state index in [9.17, 15) is 13.6 Å². The molecule has 0 bridgehead atoms. The molecule has 0 radical (unpaired) electrons. The largest absolute Gasteiger partial charge is 0.306 e. The van der Waals surface area contributed by atoms with Crippen LogP contribution < -0.4 is 0 Å². The average Bonchev–Trinajstić information content (AvgIpc) is 2.50. The molecule has 0 aliphatic heterocycles. The Hall–Kier alpha value is -1.29. The van der Waals surface area contributed by atoms with Gasteiger partial charge in [-0.05, 0) is 50.6 Å². The highest BCUT2D eigenvalue weighted by Gasteiger charge is 2.33. The Kier molecular flexibility index (Phi) is 5.68. The molecule has 2 nitrogen and oxygen atoms in total. The highest BCUT2D eigenvalue weighted by molar-refractivity contribution is 5.83. The van der Waals surface area contributed by atoms with Gasteiger partial charge in [0.05, 0.1) is 0 Å². The molecule has 0 saturated heterocycles. The summed E-state index contributed by atoms with van der Waals surface area (Å²) in [5.74, 6) is -1.35. The van der Waals surface area contributed by atoms with Crippen LogP contribution in [0.1, 0.15) is 38.2 Å². The van der Waals surface area contributed by atoms with Gasteiger partial charge in [-0.15, -0.1) is 0 Å². The third-order valence-corrected chi connectivity index (χ3v) is 4.96. The molecule has 1 saturated carbocycles. The number of carbonyl (C=O) groups is 1. The number of hydrogen-bond acceptors (Lipinski definition) is 2. The van der Waals surface area contributed by atoms with Crippen molar-refractivity contribution in [2.24, 2.45) is 11.8 Å². The molecular weight excluding hydrogens is 284 g/mol. The number of hydrogen-bond donors (Lipinski definition) is 0. The van der Waals surface area contributed by atoms with Gasteiger partial charge in [0, 0.05) is 18.4 Å². The summed E-state index contributed by atoms with van der Waals surface area (Å²) < 4.78 is 26.2. The van der Waals surface area contributed by atoms with Crippen molar-refractivity contribution in [3.63, 3.8) is 0 Å². The zero-order valence-electron chi connectivity index (χ0n) is 13.6. The fourth-order valence-electron chi connectivity index (χ4n) is 3.61. The van der Waals surface area contributed by atoms with Crippen LogP contribution in [0.2, 0.25) is 0 Å². The molecule has 0 unspecified atom stereocenters. The van der Waals surface area contributed by atoms with Crippen molar-refractivity contribution >= 4 is 5.78 Å². The van der Waals surface area contributed by atoms with Gasteiger partial charge in [0.1, 0.15) is 5.78 Å². The van der Waals surface area contributed by atoms with Gasteiger partial charge in [-0.3, -0.25) is 4.79 Å². The maximum absolute atomic E-state index is 13.3. The normalized spacial score (nSPS) is 23.5. The molecule has 0 aromatic heterocycles. The Morgan fingerprint density at radius 2 is 1.91 bits per heavy atom. The van der Waals surface area contributed by atoms with E-state index in [2.05, 4.69) is 19.0 Å². The van der Waals surface area contributed by atoms with Crippen LogP contribution >= 0.6 is 0 Å². The number of nitrogens with zero attached hydrogens (tertiary/aromatic N) is 1. The van der Waals surface area contributed by atoms with Gasteiger partial charge < -0.3 is 4.90 Å². The van der Waals surface area contributed by atoms with E-state index in [4.69, 9.17) is 0 Å². The monoisotopic (exact) mass is 309 g/mol. The van der Waals surface area contributed by atoms with Crippen LogP contribution in [-0.4, -0.2) is 30.8 Å². The summed E-state index contributed by atoms with van der Waals surface area (Å²) in [6.45, 7) is 1.98. The number of halogens is 2. The number of ketones is 1. The lowest BCUT2D eigenvalue weighted by molar-refractivity contribution is -0.124. The average molecular weight is 309 g/mol. The van der Waals surface area contributed by atoms with Crippen molar-refractivity contribution in [3.8, 4) is 0 Å². The third kappa shape index (κ3) is 3.92. The van der Waals surface area contributed by atoms with Gasteiger partial charge in [-0.2, -0.15) is 0 Å². The van der Waals surface area contributed by atoms with Crippen molar-refractivity contribution in [2.75, 3.05) is 14.1 Å². The SMILES string of the molecule is C[C@@H](C(=O)Cc1ccc(F)c(F)c1)[C@@H]1CCCC[C@@H]1N(C)C.